The Morgan fingerprint density at radius 1 is 0.946 bits per heavy atom. The number of hydrogen-bond donors (Lipinski definition) is 2. The first kappa shape index (κ1) is 22.8. The lowest BCUT2D eigenvalue weighted by molar-refractivity contribution is 0.260. The predicted octanol–water partition coefficient (Wildman–Crippen LogP) is 5.31. The first-order valence-electron chi connectivity index (χ1n) is 11.9. The lowest BCUT2D eigenvalue weighted by Gasteiger charge is -2.12. The molecule has 2 N–H and O–H groups in total. The zero-order valence-electron chi connectivity index (χ0n) is 20.4. The molecule has 0 unspecified atom stereocenters. The van der Waals surface area contributed by atoms with E-state index in [0.29, 0.717) is 29.3 Å². The molecule has 0 radical (unpaired) electrons. The summed E-state index contributed by atoms with van der Waals surface area (Å²) in [5.41, 5.74) is 6.92. The maximum Gasteiger partial charge on any atom is 0.135 e. The van der Waals surface area contributed by atoms with Crippen LogP contribution < -0.4 is 4.74 Å². The molecule has 0 amide bonds. The van der Waals surface area contributed by atoms with Crippen molar-refractivity contribution in [1.82, 2.24) is 35.0 Å². The zero-order chi connectivity index (χ0) is 25.4. The van der Waals surface area contributed by atoms with Gasteiger partial charge in [0.15, 0.2) is 0 Å². The lowest BCUT2D eigenvalue weighted by atomic mass is 10.1. The molecule has 6 rings (SSSR count). The van der Waals surface area contributed by atoms with Crippen LogP contribution in [0.25, 0.3) is 55.8 Å². The number of ether oxygens (including phenoxy) is 1. The van der Waals surface area contributed by atoms with E-state index in [1.54, 1.807) is 18.6 Å². The van der Waals surface area contributed by atoms with E-state index in [4.69, 9.17) is 9.72 Å². The van der Waals surface area contributed by atoms with Crippen molar-refractivity contribution < 1.29 is 9.13 Å². The van der Waals surface area contributed by atoms with Crippen LogP contribution in [0, 0.1) is 5.82 Å². The van der Waals surface area contributed by atoms with Gasteiger partial charge in [0.25, 0.3) is 0 Å². The molecule has 5 heterocycles. The minimum Gasteiger partial charge on any atom is -0.492 e. The van der Waals surface area contributed by atoms with E-state index in [1.807, 2.05) is 61.5 Å². The van der Waals surface area contributed by atoms with Gasteiger partial charge in [0, 0.05) is 53.2 Å². The Kier molecular flexibility index (Phi) is 5.82. The van der Waals surface area contributed by atoms with Crippen LogP contribution in [0.2, 0.25) is 0 Å². The fourth-order valence-corrected chi connectivity index (χ4v) is 4.30. The van der Waals surface area contributed by atoms with Crippen molar-refractivity contribution in [3.8, 4) is 39.7 Å². The van der Waals surface area contributed by atoms with Gasteiger partial charge in [-0.2, -0.15) is 5.10 Å². The van der Waals surface area contributed by atoms with Gasteiger partial charge in [0.2, 0.25) is 0 Å². The first-order valence-corrected chi connectivity index (χ1v) is 11.9. The second-order valence-corrected chi connectivity index (χ2v) is 9.04. The highest BCUT2D eigenvalue weighted by Gasteiger charge is 2.17. The summed E-state index contributed by atoms with van der Waals surface area (Å²) in [5, 5.41) is 8.45. The molecule has 0 saturated carbocycles. The second kappa shape index (κ2) is 9.44. The van der Waals surface area contributed by atoms with E-state index < -0.39 is 0 Å². The Morgan fingerprint density at radius 2 is 1.86 bits per heavy atom. The molecule has 8 nitrogen and oxygen atoms in total. The van der Waals surface area contributed by atoms with E-state index >= 15 is 0 Å². The smallest absolute Gasteiger partial charge is 0.135 e. The van der Waals surface area contributed by atoms with Gasteiger partial charge in [0.05, 0.1) is 22.6 Å². The maximum absolute atomic E-state index is 14.5. The van der Waals surface area contributed by atoms with Gasteiger partial charge in [0.1, 0.15) is 29.4 Å². The zero-order valence-corrected chi connectivity index (χ0v) is 20.4. The maximum atomic E-state index is 14.5. The number of halogens is 1. The minimum atomic E-state index is -0.377. The number of H-pyrrole nitrogens is 2. The van der Waals surface area contributed by atoms with Crippen molar-refractivity contribution in [3.63, 3.8) is 0 Å². The van der Waals surface area contributed by atoms with Crippen LogP contribution in [-0.2, 0) is 0 Å². The Labute approximate surface area is 212 Å². The van der Waals surface area contributed by atoms with Crippen molar-refractivity contribution in [1.29, 1.82) is 0 Å². The quantitative estimate of drug-likeness (QED) is 0.313. The van der Waals surface area contributed by atoms with Gasteiger partial charge in [-0.25, -0.2) is 9.37 Å². The van der Waals surface area contributed by atoms with Crippen LogP contribution in [0.15, 0.2) is 73.2 Å². The highest BCUT2D eigenvalue weighted by Crippen LogP contribution is 2.34. The number of nitrogens with zero attached hydrogens (tertiary/aromatic N) is 5. The molecular formula is C28H24FN7O. The van der Waals surface area contributed by atoms with Crippen LogP contribution in [0.1, 0.15) is 0 Å². The highest BCUT2D eigenvalue weighted by atomic mass is 19.1. The fourth-order valence-electron chi connectivity index (χ4n) is 4.30. The van der Waals surface area contributed by atoms with Gasteiger partial charge in [-0.05, 0) is 62.6 Å². The molecule has 184 valence electrons. The van der Waals surface area contributed by atoms with Crippen LogP contribution in [-0.4, -0.2) is 62.3 Å². The molecule has 0 aliphatic rings. The standard InChI is InChI=1S/C28H24FN7O/c1-36(2)10-11-37-20-13-18(12-19(29)14-20)26-21-15-25(32-23(21)7-9-31-26)28-27-24(34-35-28)6-5-22(33-27)17-4-3-8-30-16-17/h3-9,12-16,32H,10-11H2,1-2H3,(H,34,35). The van der Waals surface area contributed by atoms with Crippen LogP contribution in [0.4, 0.5) is 4.39 Å². The van der Waals surface area contributed by atoms with Gasteiger partial charge >= 0.3 is 0 Å². The Balaban J connectivity index is 1.41. The fraction of sp³-hybridized carbons (Fsp3) is 0.143. The van der Waals surface area contributed by atoms with E-state index in [0.717, 1.165) is 45.4 Å². The molecule has 5 aromatic heterocycles. The summed E-state index contributed by atoms with van der Waals surface area (Å²) in [6.07, 6.45) is 5.22. The highest BCUT2D eigenvalue weighted by molar-refractivity contribution is 5.99. The third-order valence-electron chi connectivity index (χ3n) is 6.12. The molecule has 0 aliphatic heterocycles. The monoisotopic (exact) mass is 493 g/mol. The Bertz CT molecular complexity index is 1710. The number of aromatic nitrogens is 6. The number of aromatic amines is 2. The predicted molar refractivity (Wildman–Crippen MR) is 142 cm³/mol. The molecule has 6 aromatic rings. The van der Waals surface area contributed by atoms with Gasteiger partial charge in [-0.1, -0.05) is 0 Å². The summed E-state index contributed by atoms with van der Waals surface area (Å²) < 4.78 is 20.3. The van der Waals surface area contributed by atoms with Crippen LogP contribution in [0.3, 0.4) is 0 Å². The summed E-state index contributed by atoms with van der Waals surface area (Å²) in [7, 11) is 3.93. The SMILES string of the molecule is CN(C)CCOc1cc(F)cc(-c2nccc3[nH]c(-c4n[nH]c5ccc(-c6cccnc6)nc45)cc23)c1. The summed E-state index contributed by atoms with van der Waals surface area (Å²) >= 11 is 0. The molecule has 0 aliphatic carbocycles. The average Bonchev–Trinajstić information content (AvgIpc) is 3.52. The summed E-state index contributed by atoms with van der Waals surface area (Å²) in [5.74, 6) is 0.0918. The number of rotatable bonds is 7. The number of pyridine rings is 3. The number of hydrogen-bond acceptors (Lipinski definition) is 6. The number of nitrogens with one attached hydrogen (secondary N) is 2. The number of likely N-dealkylation sites (N-methyl/N-ethyl adjacent to an activating group) is 1. The van der Waals surface area contributed by atoms with Crippen LogP contribution >= 0.6 is 0 Å². The van der Waals surface area contributed by atoms with Crippen molar-refractivity contribution in [2.24, 2.45) is 0 Å². The first-order chi connectivity index (χ1) is 18.0. The third kappa shape index (κ3) is 4.52. The van der Waals surface area contributed by atoms with E-state index in [-0.39, 0.29) is 5.82 Å². The Hall–Kier alpha value is -4.63. The second-order valence-electron chi connectivity index (χ2n) is 9.04. The van der Waals surface area contributed by atoms with Gasteiger partial charge in [-0.15, -0.1) is 0 Å². The molecule has 0 bridgehead atoms. The minimum absolute atomic E-state index is 0.377. The molecular weight excluding hydrogens is 469 g/mol. The van der Waals surface area contributed by atoms with Crippen molar-refractivity contribution in [3.05, 3.63) is 79.0 Å². The molecule has 0 atom stereocenters. The average molecular weight is 494 g/mol. The molecule has 9 heteroatoms. The van der Waals surface area contributed by atoms with E-state index in [9.17, 15) is 4.39 Å². The van der Waals surface area contributed by atoms with Crippen molar-refractivity contribution in [2.75, 3.05) is 27.2 Å². The van der Waals surface area contributed by atoms with Crippen LogP contribution in [0.5, 0.6) is 5.75 Å². The summed E-state index contributed by atoms with van der Waals surface area (Å²) in [6, 6.07) is 16.3. The summed E-state index contributed by atoms with van der Waals surface area (Å²) in [6.45, 7) is 1.19. The van der Waals surface area contributed by atoms with Crippen molar-refractivity contribution >= 4 is 21.9 Å². The van der Waals surface area contributed by atoms with Gasteiger partial charge in [-0.3, -0.25) is 15.1 Å². The third-order valence-corrected chi connectivity index (χ3v) is 6.12. The molecule has 0 saturated heterocycles. The molecule has 1 aromatic carbocycles. The normalized spacial score (nSPS) is 11.6. The molecule has 0 spiro atoms. The molecule has 0 fully saturated rings. The van der Waals surface area contributed by atoms with Crippen molar-refractivity contribution in [2.45, 2.75) is 0 Å². The molecule has 37 heavy (non-hydrogen) atoms. The topological polar surface area (TPSA) is 95.6 Å². The number of benzene rings is 1. The Morgan fingerprint density at radius 3 is 2.70 bits per heavy atom. The lowest BCUT2D eigenvalue weighted by Crippen LogP contribution is -2.19. The largest absolute Gasteiger partial charge is 0.492 e. The van der Waals surface area contributed by atoms with Gasteiger partial charge < -0.3 is 14.6 Å². The van der Waals surface area contributed by atoms with E-state index in [2.05, 4.69) is 25.1 Å². The number of fused-ring (bicyclic) bond motifs is 2. The summed E-state index contributed by atoms with van der Waals surface area (Å²) in [4.78, 5) is 19.1. The van der Waals surface area contributed by atoms with E-state index in [1.165, 1.54) is 12.1 Å².